The molecule has 1 aromatic rings. The molecule has 0 spiro atoms. The molecule has 1 aliphatic rings. The van der Waals surface area contributed by atoms with Crippen molar-refractivity contribution in [2.24, 2.45) is 5.92 Å². The highest BCUT2D eigenvalue weighted by Gasteiger charge is 2.19. The van der Waals surface area contributed by atoms with Gasteiger partial charge in [0.25, 0.3) is 0 Å². The summed E-state index contributed by atoms with van der Waals surface area (Å²) < 4.78 is 0. The lowest BCUT2D eigenvalue weighted by Crippen LogP contribution is -2.19. The number of thiophene rings is 1. The highest BCUT2D eigenvalue weighted by atomic mass is 32.1. The van der Waals surface area contributed by atoms with Crippen molar-refractivity contribution in [3.8, 4) is 0 Å². The monoisotopic (exact) mass is 209 g/mol. The van der Waals surface area contributed by atoms with E-state index in [1.807, 2.05) is 0 Å². The van der Waals surface area contributed by atoms with E-state index in [0.29, 0.717) is 0 Å². The van der Waals surface area contributed by atoms with E-state index in [4.69, 9.17) is 0 Å². The van der Waals surface area contributed by atoms with E-state index < -0.39 is 0 Å². The zero-order valence-corrected chi connectivity index (χ0v) is 9.65. The predicted octanol–water partition coefficient (Wildman–Crippen LogP) is 3.07. The molecule has 1 atom stereocenters. The van der Waals surface area contributed by atoms with Gasteiger partial charge in [0.05, 0.1) is 0 Å². The van der Waals surface area contributed by atoms with Crippen LogP contribution in [0.2, 0.25) is 0 Å². The molecule has 1 unspecified atom stereocenters. The molecule has 0 aliphatic heterocycles. The van der Waals surface area contributed by atoms with Crippen LogP contribution in [-0.4, -0.2) is 12.6 Å². The third-order valence-electron chi connectivity index (χ3n) is 2.81. The Bertz CT molecular complexity index is 251. The molecule has 1 heterocycles. The molecule has 0 radical (unpaired) electrons. The molecule has 1 fully saturated rings. The Kier molecular flexibility index (Phi) is 3.60. The number of hydrogen-bond acceptors (Lipinski definition) is 2. The third kappa shape index (κ3) is 3.43. The fraction of sp³-hybridized carbons (Fsp3) is 0.667. The first-order chi connectivity index (χ1) is 6.84. The van der Waals surface area contributed by atoms with Crippen molar-refractivity contribution in [1.29, 1.82) is 0 Å². The Balaban J connectivity index is 1.60. The number of hydrogen-bond donors (Lipinski definition) is 1. The second kappa shape index (κ2) is 4.94. The Morgan fingerprint density at radius 3 is 3.07 bits per heavy atom. The molecule has 1 saturated carbocycles. The minimum absolute atomic E-state index is 0.816. The van der Waals surface area contributed by atoms with E-state index in [1.165, 1.54) is 37.8 Å². The summed E-state index contributed by atoms with van der Waals surface area (Å²) in [4.78, 5) is 0. The highest BCUT2D eigenvalue weighted by Crippen LogP contribution is 2.19. The first-order valence-electron chi connectivity index (χ1n) is 5.59. The number of nitrogens with one attached hydrogen (secondary N) is 1. The number of rotatable bonds is 6. The lowest BCUT2D eigenvalue weighted by Gasteiger charge is -2.10. The predicted molar refractivity (Wildman–Crippen MR) is 62.8 cm³/mol. The maximum absolute atomic E-state index is 3.57. The van der Waals surface area contributed by atoms with Crippen LogP contribution in [0.3, 0.4) is 0 Å². The van der Waals surface area contributed by atoms with Gasteiger partial charge >= 0.3 is 0 Å². The standard InChI is InChI=1S/C12H19NS/c1-10(4-6-13-12-2-3-12)8-11-5-7-14-9-11/h5,7,9-10,12-13H,2-4,6,8H2,1H3. The van der Waals surface area contributed by atoms with Crippen LogP contribution in [-0.2, 0) is 6.42 Å². The Morgan fingerprint density at radius 2 is 2.43 bits per heavy atom. The normalized spacial score (nSPS) is 18.4. The van der Waals surface area contributed by atoms with E-state index in [-0.39, 0.29) is 0 Å². The van der Waals surface area contributed by atoms with E-state index in [1.54, 1.807) is 11.3 Å². The molecule has 0 amide bonds. The van der Waals surface area contributed by atoms with Gasteiger partial charge in [-0.25, -0.2) is 0 Å². The minimum Gasteiger partial charge on any atom is -0.314 e. The molecule has 0 saturated heterocycles. The fourth-order valence-corrected chi connectivity index (χ4v) is 2.42. The molecular formula is C12H19NS. The smallest absolute Gasteiger partial charge is 0.00682 e. The third-order valence-corrected chi connectivity index (χ3v) is 3.54. The maximum Gasteiger partial charge on any atom is 0.00682 e. The van der Waals surface area contributed by atoms with Gasteiger partial charge in [0.2, 0.25) is 0 Å². The largest absolute Gasteiger partial charge is 0.314 e. The van der Waals surface area contributed by atoms with Crippen LogP contribution in [0.1, 0.15) is 31.7 Å². The van der Waals surface area contributed by atoms with Gasteiger partial charge in [0, 0.05) is 6.04 Å². The Hall–Kier alpha value is -0.340. The molecule has 1 N–H and O–H groups in total. The van der Waals surface area contributed by atoms with Crippen LogP contribution < -0.4 is 5.32 Å². The first-order valence-corrected chi connectivity index (χ1v) is 6.53. The van der Waals surface area contributed by atoms with Crippen molar-refractivity contribution >= 4 is 11.3 Å². The van der Waals surface area contributed by atoms with Gasteiger partial charge in [-0.3, -0.25) is 0 Å². The maximum atomic E-state index is 3.57. The van der Waals surface area contributed by atoms with Crippen LogP contribution >= 0.6 is 11.3 Å². The molecule has 78 valence electrons. The topological polar surface area (TPSA) is 12.0 Å². The van der Waals surface area contributed by atoms with Crippen molar-refractivity contribution in [2.75, 3.05) is 6.54 Å². The van der Waals surface area contributed by atoms with Gasteiger partial charge in [-0.2, -0.15) is 11.3 Å². The SMILES string of the molecule is CC(CCNC1CC1)Cc1ccsc1. The van der Waals surface area contributed by atoms with Crippen LogP contribution in [0.15, 0.2) is 16.8 Å². The van der Waals surface area contributed by atoms with Crippen LogP contribution in [0.5, 0.6) is 0 Å². The molecule has 2 rings (SSSR count). The van der Waals surface area contributed by atoms with Gasteiger partial charge in [-0.05, 0) is 60.5 Å². The summed E-state index contributed by atoms with van der Waals surface area (Å²) in [6.45, 7) is 3.56. The average Bonchev–Trinajstić information content (AvgIpc) is 2.83. The van der Waals surface area contributed by atoms with Gasteiger partial charge in [-0.1, -0.05) is 6.92 Å². The lowest BCUT2D eigenvalue weighted by atomic mass is 10.0. The summed E-state index contributed by atoms with van der Waals surface area (Å²) in [5.74, 6) is 0.816. The lowest BCUT2D eigenvalue weighted by molar-refractivity contribution is 0.498. The van der Waals surface area contributed by atoms with E-state index in [2.05, 4.69) is 29.1 Å². The molecule has 1 nitrogen and oxygen atoms in total. The molecule has 1 aromatic heterocycles. The Labute approximate surface area is 90.5 Å². The van der Waals surface area contributed by atoms with E-state index >= 15 is 0 Å². The van der Waals surface area contributed by atoms with Crippen molar-refractivity contribution < 1.29 is 0 Å². The summed E-state index contributed by atoms with van der Waals surface area (Å²) >= 11 is 1.80. The summed E-state index contributed by atoms with van der Waals surface area (Å²) in [7, 11) is 0. The molecule has 14 heavy (non-hydrogen) atoms. The first kappa shape index (κ1) is 10.2. The summed E-state index contributed by atoms with van der Waals surface area (Å²) in [5.41, 5.74) is 1.51. The molecule has 0 bridgehead atoms. The fourth-order valence-electron chi connectivity index (χ4n) is 1.73. The van der Waals surface area contributed by atoms with Gasteiger partial charge in [0.1, 0.15) is 0 Å². The highest BCUT2D eigenvalue weighted by molar-refractivity contribution is 7.07. The van der Waals surface area contributed by atoms with Crippen molar-refractivity contribution in [3.05, 3.63) is 22.4 Å². The van der Waals surface area contributed by atoms with Crippen molar-refractivity contribution in [3.63, 3.8) is 0 Å². The molecule has 1 aliphatic carbocycles. The Morgan fingerprint density at radius 1 is 1.57 bits per heavy atom. The van der Waals surface area contributed by atoms with Crippen LogP contribution in [0.4, 0.5) is 0 Å². The minimum atomic E-state index is 0.816. The zero-order chi connectivity index (χ0) is 9.80. The van der Waals surface area contributed by atoms with E-state index in [9.17, 15) is 0 Å². The summed E-state index contributed by atoms with van der Waals surface area (Å²) in [6.07, 6.45) is 5.36. The zero-order valence-electron chi connectivity index (χ0n) is 8.83. The van der Waals surface area contributed by atoms with Crippen molar-refractivity contribution in [2.45, 2.75) is 38.6 Å². The summed E-state index contributed by atoms with van der Waals surface area (Å²) in [6, 6.07) is 3.11. The van der Waals surface area contributed by atoms with Gasteiger partial charge in [-0.15, -0.1) is 0 Å². The average molecular weight is 209 g/mol. The van der Waals surface area contributed by atoms with E-state index in [0.717, 1.165) is 12.0 Å². The van der Waals surface area contributed by atoms with Crippen molar-refractivity contribution in [1.82, 2.24) is 5.32 Å². The van der Waals surface area contributed by atoms with Crippen LogP contribution in [0.25, 0.3) is 0 Å². The quantitative estimate of drug-likeness (QED) is 0.759. The molecule has 2 heteroatoms. The second-order valence-corrected chi connectivity index (χ2v) is 5.24. The van der Waals surface area contributed by atoms with Crippen LogP contribution in [0, 0.1) is 5.92 Å². The molecular weight excluding hydrogens is 190 g/mol. The molecule has 0 aromatic carbocycles. The second-order valence-electron chi connectivity index (χ2n) is 4.46. The van der Waals surface area contributed by atoms with Gasteiger partial charge in [0.15, 0.2) is 0 Å². The van der Waals surface area contributed by atoms with Gasteiger partial charge < -0.3 is 5.32 Å². The summed E-state index contributed by atoms with van der Waals surface area (Å²) in [5, 5.41) is 8.01.